The first-order valence-electron chi connectivity index (χ1n) is 15.7. The number of fused-ring (bicyclic) bond motifs is 1. The van der Waals surface area contributed by atoms with Gasteiger partial charge >= 0.3 is 6.18 Å². The number of benzene rings is 2. The number of pyridine rings is 1. The fourth-order valence-corrected chi connectivity index (χ4v) is 8.18. The molecule has 2 N–H and O–H groups in total. The first-order valence-corrected chi connectivity index (χ1v) is 17.4. The molecular weight excluding hydrogens is 603 g/mol. The van der Waals surface area contributed by atoms with Gasteiger partial charge in [-0.25, -0.2) is 8.42 Å². The lowest BCUT2D eigenvalue weighted by atomic mass is 9.88. The van der Waals surface area contributed by atoms with E-state index in [4.69, 9.17) is 0 Å². The molecular formula is C34H40F3N3O4S. The van der Waals surface area contributed by atoms with E-state index in [0.29, 0.717) is 47.5 Å². The van der Waals surface area contributed by atoms with Crippen LogP contribution in [0.25, 0.3) is 17.0 Å². The third-order valence-electron chi connectivity index (χ3n) is 9.18. The average Bonchev–Trinajstić information content (AvgIpc) is 3.38. The summed E-state index contributed by atoms with van der Waals surface area (Å²) in [5, 5.41) is 2.82. The van der Waals surface area contributed by atoms with Gasteiger partial charge in [0.05, 0.1) is 16.2 Å². The number of amides is 1. The van der Waals surface area contributed by atoms with Crippen LogP contribution in [0.4, 0.5) is 18.9 Å². The van der Waals surface area contributed by atoms with Crippen LogP contribution in [0.5, 0.6) is 0 Å². The van der Waals surface area contributed by atoms with Crippen LogP contribution in [0.3, 0.4) is 0 Å². The topological polar surface area (TPSA) is 99.3 Å². The summed E-state index contributed by atoms with van der Waals surface area (Å²) >= 11 is 0. The molecule has 2 aliphatic rings. The number of aromatic amines is 1. The predicted octanol–water partition coefficient (Wildman–Crippen LogP) is 6.87. The van der Waals surface area contributed by atoms with Gasteiger partial charge in [0.15, 0.2) is 9.84 Å². The number of alkyl halides is 3. The van der Waals surface area contributed by atoms with Gasteiger partial charge in [0.2, 0.25) is 11.5 Å². The molecule has 242 valence electrons. The summed E-state index contributed by atoms with van der Waals surface area (Å²) in [4.78, 5) is 29.2. The SMILES string of the molecule is C[C@@H]1CC[C@H](CCNC(=O)/C=C/c2ccc(S(=O)(=O)CCC3CCCCC3)cc2)N1c1ccc2[nH]c(=O)cc(C(F)(F)F)c2c1. The molecule has 2 atom stereocenters. The number of rotatable bonds is 10. The number of halogens is 3. The third kappa shape index (κ3) is 8.17. The highest BCUT2D eigenvalue weighted by atomic mass is 32.2. The highest BCUT2D eigenvalue weighted by Gasteiger charge is 2.35. The Morgan fingerprint density at radius 3 is 2.44 bits per heavy atom. The number of nitrogens with zero attached hydrogens (tertiary/aromatic N) is 1. The molecule has 11 heteroatoms. The van der Waals surface area contributed by atoms with Gasteiger partial charge in [0.1, 0.15) is 0 Å². The summed E-state index contributed by atoms with van der Waals surface area (Å²) in [6, 6.07) is 12.0. The monoisotopic (exact) mass is 643 g/mol. The highest BCUT2D eigenvalue weighted by Crippen LogP contribution is 2.38. The van der Waals surface area contributed by atoms with E-state index in [1.807, 2.05) is 6.92 Å². The van der Waals surface area contributed by atoms with Crippen LogP contribution in [0, 0.1) is 5.92 Å². The van der Waals surface area contributed by atoms with Gasteiger partial charge in [0, 0.05) is 47.4 Å². The standard InChI is InChI=1S/C34H40F3N3O4S/c1-23-7-11-26(40(23)27-12-15-31-29(21-27)30(34(35,36)37)22-33(42)39-31)17-19-38-32(41)16-10-25-8-13-28(14-9-25)45(43,44)20-18-24-5-3-2-4-6-24/h8-10,12-16,21-24,26H,2-7,11,17-20H2,1H3,(H,38,41)(H,39,42)/b16-10+/t23-,26-/m1/s1. The van der Waals surface area contributed by atoms with E-state index >= 15 is 0 Å². The molecule has 7 nitrogen and oxygen atoms in total. The Morgan fingerprint density at radius 1 is 1.00 bits per heavy atom. The lowest BCUT2D eigenvalue weighted by Gasteiger charge is -2.31. The Labute approximate surface area is 261 Å². The first-order chi connectivity index (χ1) is 21.4. The predicted molar refractivity (Wildman–Crippen MR) is 171 cm³/mol. The van der Waals surface area contributed by atoms with Gasteiger partial charge in [-0.1, -0.05) is 44.2 Å². The molecule has 1 saturated heterocycles. The number of carbonyl (C=O) groups is 1. The normalized spacial score (nSPS) is 19.9. The molecule has 1 amide bonds. The molecule has 1 saturated carbocycles. The summed E-state index contributed by atoms with van der Waals surface area (Å²) < 4.78 is 66.7. The van der Waals surface area contributed by atoms with Crippen molar-refractivity contribution in [2.24, 2.45) is 5.92 Å². The minimum Gasteiger partial charge on any atom is -0.366 e. The maximum Gasteiger partial charge on any atom is 0.417 e. The molecule has 3 aromatic rings. The van der Waals surface area contributed by atoms with Crippen LogP contribution in [0.1, 0.15) is 75.8 Å². The van der Waals surface area contributed by atoms with Crippen LogP contribution in [0.15, 0.2) is 64.3 Å². The zero-order chi connectivity index (χ0) is 32.2. The maximum absolute atomic E-state index is 13.7. The Hall–Kier alpha value is -3.60. The average molecular weight is 644 g/mol. The van der Waals surface area contributed by atoms with Crippen molar-refractivity contribution in [2.75, 3.05) is 17.2 Å². The summed E-state index contributed by atoms with van der Waals surface area (Å²) in [7, 11) is -3.35. The fourth-order valence-electron chi connectivity index (χ4n) is 6.75. The van der Waals surface area contributed by atoms with E-state index in [-0.39, 0.29) is 34.6 Å². The molecule has 1 aliphatic heterocycles. The highest BCUT2D eigenvalue weighted by molar-refractivity contribution is 7.91. The lowest BCUT2D eigenvalue weighted by Crippen LogP contribution is -2.37. The van der Waals surface area contributed by atoms with E-state index in [2.05, 4.69) is 15.2 Å². The maximum atomic E-state index is 13.7. The first kappa shape index (κ1) is 32.8. The smallest absolute Gasteiger partial charge is 0.366 e. The van der Waals surface area contributed by atoms with E-state index < -0.39 is 27.1 Å². The zero-order valence-corrected chi connectivity index (χ0v) is 26.2. The fraction of sp³-hybridized carbons (Fsp3) is 0.471. The second-order valence-corrected chi connectivity index (χ2v) is 14.5. The molecule has 1 aliphatic carbocycles. The quantitative estimate of drug-likeness (QED) is 0.235. The van der Waals surface area contributed by atoms with Crippen LogP contribution in [-0.4, -0.2) is 43.7 Å². The summed E-state index contributed by atoms with van der Waals surface area (Å²) in [6.45, 7) is 2.40. The minimum atomic E-state index is -4.66. The molecule has 2 heterocycles. The summed E-state index contributed by atoms with van der Waals surface area (Å²) in [5.74, 6) is 0.358. The van der Waals surface area contributed by atoms with Crippen LogP contribution in [-0.2, 0) is 20.8 Å². The van der Waals surface area contributed by atoms with Crippen molar-refractivity contribution >= 4 is 38.4 Å². The van der Waals surface area contributed by atoms with Crippen LogP contribution < -0.4 is 15.8 Å². The van der Waals surface area contributed by atoms with Crippen molar-refractivity contribution in [1.29, 1.82) is 0 Å². The molecule has 5 rings (SSSR count). The number of anilines is 1. The van der Waals surface area contributed by atoms with E-state index in [9.17, 15) is 31.2 Å². The molecule has 0 radical (unpaired) electrons. The molecule has 0 bridgehead atoms. The van der Waals surface area contributed by atoms with Gasteiger partial charge in [-0.2, -0.15) is 13.2 Å². The van der Waals surface area contributed by atoms with E-state index in [1.54, 1.807) is 36.4 Å². The number of aromatic nitrogens is 1. The lowest BCUT2D eigenvalue weighted by molar-refractivity contribution is -0.136. The van der Waals surface area contributed by atoms with Crippen molar-refractivity contribution in [3.63, 3.8) is 0 Å². The molecule has 2 fully saturated rings. The molecule has 0 spiro atoms. The van der Waals surface area contributed by atoms with Crippen molar-refractivity contribution in [3.8, 4) is 0 Å². The molecule has 45 heavy (non-hydrogen) atoms. The van der Waals surface area contributed by atoms with Crippen molar-refractivity contribution in [1.82, 2.24) is 10.3 Å². The van der Waals surface area contributed by atoms with E-state index in [0.717, 1.165) is 25.7 Å². The minimum absolute atomic E-state index is 0.0198. The van der Waals surface area contributed by atoms with Crippen LogP contribution in [0.2, 0.25) is 0 Å². The van der Waals surface area contributed by atoms with Gasteiger partial charge < -0.3 is 15.2 Å². The number of nitrogens with one attached hydrogen (secondary N) is 2. The van der Waals surface area contributed by atoms with Crippen molar-refractivity contribution in [3.05, 3.63) is 76.1 Å². The molecule has 1 aromatic heterocycles. The number of H-pyrrole nitrogens is 1. The largest absolute Gasteiger partial charge is 0.417 e. The number of hydrogen-bond donors (Lipinski definition) is 2. The van der Waals surface area contributed by atoms with Gasteiger partial charge in [-0.15, -0.1) is 0 Å². The Bertz CT molecular complexity index is 1690. The summed E-state index contributed by atoms with van der Waals surface area (Å²) in [5.41, 5.74) is -0.281. The summed E-state index contributed by atoms with van der Waals surface area (Å²) in [6.07, 6.45) is 7.21. The Balaban J connectivity index is 1.15. The van der Waals surface area contributed by atoms with Crippen LogP contribution >= 0.6 is 0 Å². The number of carbonyl (C=O) groups excluding carboxylic acids is 1. The van der Waals surface area contributed by atoms with Crippen molar-refractivity contribution < 1.29 is 26.4 Å². The zero-order valence-electron chi connectivity index (χ0n) is 25.4. The van der Waals surface area contributed by atoms with Gasteiger partial charge in [-0.3, -0.25) is 9.59 Å². The van der Waals surface area contributed by atoms with Gasteiger partial charge in [-0.05, 0) is 80.5 Å². The third-order valence-corrected chi connectivity index (χ3v) is 10.9. The van der Waals surface area contributed by atoms with Crippen molar-refractivity contribution in [2.45, 2.75) is 87.9 Å². The number of sulfone groups is 1. The Kier molecular flexibility index (Phi) is 10.1. The Morgan fingerprint density at radius 2 is 1.73 bits per heavy atom. The second kappa shape index (κ2) is 13.8. The van der Waals surface area contributed by atoms with Gasteiger partial charge in [0.25, 0.3) is 0 Å². The number of hydrogen-bond acceptors (Lipinski definition) is 5. The molecule has 0 unspecified atom stereocenters. The second-order valence-electron chi connectivity index (χ2n) is 12.4. The van der Waals surface area contributed by atoms with E-state index in [1.165, 1.54) is 37.5 Å². The molecule has 2 aromatic carbocycles.